The van der Waals surface area contributed by atoms with E-state index in [-0.39, 0.29) is 35.0 Å². The molecule has 1 aromatic carbocycles. The molecule has 0 aliphatic carbocycles. The summed E-state index contributed by atoms with van der Waals surface area (Å²) < 4.78 is 36.6. The summed E-state index contributed by atoms with van der Waals surface area (Å²) in [6, 6.07) is 5.31. The number of rotatable bonds is 6. The lowest BCUT2D eigenvalue weighted by Gasteiger charge is -2.26. The molecule has 22 heavy (non-hydrogen) atoms. The van der Waals surface area contributed by atoms with Crippen LogP contribution in [0.1, 0.15) is 37.0 Å². The number of carbonyl (C=O) groups excluding carboxylic acids is 1. The van der Waals surface area contributed by atoms with Crippen LogP contribution in [0.2, 0.25) is 0 Å². The summed E-state index contributed by atoms with van der Waals surface area (Å²) in [5.74, 6) is -0.338. The molecule has 0 saturated heterocycles. The molecule has 0 spiro atoms. The third-order valence-corrected chi connectivity index (χ3v) is 4.10. The van der Waals surface area contributed by atoms with Gasteiger partial charge < -0.3 is 11.1 Å². The first kappa shape index (κ1) is 21.1. The standard InChI is InChI=1S/C14H19F3N2OS.ClH/c1-3-13(18,4-2)9-19-12(20)10-5-7-11(8-6-10)21-14(15,16)17;/h5-8H,3-4,9,18H2,1-2H3,(H,19,20);1H. The van der Waals surface area contributed by atoms with Gasteiger partial charge in [0.25, 0.3) is 5.91 Å². The first-order valence-corrected chi connectivity index (χ1v) is 7.43. The van der Waals surface area contributed by atoms with Crippen LogP contribution >= 0.6 is 24.2 Å². The van der Waals surface area contributed by atoms with Gasteiger partial charge in [0, 0.05) is 22.5 Å². The Labute approximate surface area is 138 Å². The molecule has 0 fully saturated rings. The van der Waals surface area contributed by atoms with Gasteiger partial charge in [0.2, 0.25) is 0 Å². The lowest BCUT2D eigenvalue weighted by atomic mass is 9.94. The first-order chi connectivity index (χ1) is 9.69. The molecule has 0 saturated carbocycles. The summed E-state index contributed by atoms with van der Waals surface area (Å²) in [5.41, 5.74) is 1.60. The number of amides is 1. The Kier molecular flexibility index (Phi) is 8.28. The van der Waals surface area contributed by atoms with Crippen LogP contribution in [0.15, 0.2) is 29.2 Å². The molecule has 0 aliphatic heterocycles. The van der Waals surface area contributed by atoms with Crippen LogP contribution in [0, 0.1) is 0 Å². The van der Waals surface area contributed by atoms with E-state index in [1.807, 2.05) is 13.8 Å². The van der Waals surface area contributed by atoms with E-state index in [1.165, 1.54) is 24.3 Å². The molecule has 0 heterocycles. The quantitative estimate of drug-likeness (QED) is 0.758. The number of hydrogen-bond acceptors (Lipinski definition) is 3. The van der Waals surface area contributed by atoms with Gasteiger partial charge in [0.15, 0.2) is 0 Å². The second-order valence-electron chi connectivity index (χ2n) is 4.82. The maximum atomic E-state index is 12.2. The molecule has 126 valence electrons. The van der Waals surface area contributed by atoms with E-state index < -0.39 is 11.0 Å². The molecule has 8 heteroatoms. The minimum Gasteiger partial charge on any atom is -0.350 e. The van der Waals surface area contributed by atoms with Crippen LogP contribution in [-0.4, -0.2) is 23.5 Å². The van der Waals surface area contributed by atoms with Gasteiger partial charge in [0.1, 0.15) is 0 Å². The van der Waals surface area contributed by atoms with Gasteiger partial charge >= 0.3 is 5.51 Å². The molecule has 0 atom stereocenters. The predicted molar refractivity (Wildman–Crippen MR) is 85.4 cm³/mol. The average molecular weight is 357 g/mol. The summed E-state index contributed by atoms with van der Waals surface area (Å²) in [4.78, 5) is 12.0. The predicted octanol–water partition coefficient (Wildman–Crippen LogP) is 3.97. The molecular formula is C14H20ClF3N2OS. The summed E-state index contributed by atoms with van der Waals surface area (Å²) >= 11 is -0.206. The topological polar surface area (TPSA) is 55.1 Å². The number of halogens is 4. The molecule has 1 rings (SSSR count). The zero-order valence-electron chi connectivity index (χ0n) is 12.4. The Morgan fingerprint density at radius 2 is 1.68 bits per heavy atom. The van der Waals surface area contributed by atoms with Crippen molar-refractivity contribution in [3.63, 3.8) is 0 Å². The fraction of sp³-hybridized carbons (Fsp3) is 0.500. The van der Waals surface area contributed by atoms with Crippen molar-refractivity contribution in [2.75, 3.05) is 6.54 Å². The number of benzene rings is 1. The summed E-state index contributed by atoms with van der Waals surface area (Å²) in [7, 11) is 0. The van der Waals surface area contributed by atoms with Crippen molar-refractivity contribution in [3.05, 3.63) is 29.8 Å². The molecule has 0 bridgehead atoms. The smallest absolute Gasteiger partial charge is 0.350 e. The van der Waals surface area contributed by atoms with E-state index >= 15 is 0 Å². The second-order valence-corrected chi connectivity index (χ2v) is 5.96. The van der Waals surface area contributed by atoms with Crippen molar-refractivity contribution in [2.24, 2.45) is 5.73 Å². The van der Waals surface area contributed by atoms with Crippen molar-refractivity contribution < 1.29 is 18.0 Å². The maximum Gasteiger partial charge on any atom is 0.446 e. The van der Waals surface area contributed by atoms with Crippen molar-refractivity contribution in [2.45, 2.75) is 42.6 Å². The van der Waals surface area contributed by atoms with E-state index in [0.29, 0.717) is 12.1 Å². The minimum absolute atomic E-state index is 0. The maximum absolute atomic E-state index is 12.2. The van der Waals surface area contributed by atoms with Gasteiger partial charge in [-0.25, -0.2) is 0 Å². The van der Waals surface area contributed by atoms with E-state index in [9.17, 15) is 18.0 Å². The van der Waals surface area contributed by atoms with E-state index in [4.69, 9.17) is 5.73 Å². The van der Waals surface area contributed by atoms with Gasteiger partial charge in [0.05, 0.1) is 0 Å². The third kappa shape index (κ3) is 6.89. The number of alkyl halides is 3. The lowest BCUT2D eigenvalue weighted by molar-refractivity contribution is -0.0328. The summed E-state index contributed by atoms with van der Waals surface area (Å²) in [5, 5.41) is 2.72. The van der Waals surface area contributed by atoms with Crippen LogP contribution in [0.4, 0.5) is 13.2 Å². The third-order valence-electron chi connectivity index (χ3n) is 3.36. The lowest BCUT2D eigenvalue weighted by Crippen LogP contribution is -2.49. The van der Waals surface area contributed by atoms with Gasteiger partial charge in [-0.2, -0.15) is 13.2 Å². The highest BCUT2D eigenvalue weighted by Gasteiger charge is 2.29. The molecule has 0 aromatic heterocycles. The average Bonchev–Trinajstić information content (AvgIpc) is 2.43. The molecular weight excluding hydrogens is 337 g/mol. The monoisotopic (exact) mass is 356 g/mol. The van der Waals surface area contributed by atoms with Crippen LogP contribution in [-0.2, 0) is 0 Å². The Morgan fingerprint density at radius 1 is 1.18 bits per heavy atom. The molecule has 3 nitrogen and oxygen atoms in total. The van der Waals surface area contributed by atoms with Crippen LogP contribution < -0.4 is 11.1 Å². The molecule has 1 aromatic rings. The zero-order chi connectivity index (χ0) is 16.1. The highest BCUT2D eigenvalue weighted by molar-refractivity contribution is 8.00. The van der Waals surface area contributed by atoms with Crippen LogP contribution in [0.3, 0.4) is 0 Å². The molecule has 0 unspecified atom stereocenters. The molecule has 1 amide bonds. The highest BCUT2D eigenvalue weighted by atomic mass is 35.5. The second kappa shape index (κ2) is 8.64. The molecule has 0 aliphatic rings. The van der Waals surface area contributed by atoms with Crippen LogP contribution in [0.5, 0.6) is 0 Å². The fourth-order valence-electron chi connectivity index (χ4n) is 1.67. The largest absolute Gasteiger partial charge is 0.446 e. The molecule has 3 N–H and O–H groups in total. The fourth-order valence-corrected chi connectivity index (χ4v) is 2.21. The van der Waals surface area contributed by atoms with Crippen molar-refractivity contribution in [1.82, 2.24) is 5.32 Å². The van der Waals surface area contributed by atoms with E-state index in [1.54, 1.807) is 0 Å². The number of carbonyl (C=O) groups is 1. The van der Waals surface area contributed by atoms with Crippen molar-refractivity contribution in [1.29, 1.82) is 0 Å². The number of thioether (sulfide) groups is 1. The zero-order valence-corrected chi connectivity index (χ0v) is 14.0. The number of nitrogens with two attached hydrogens (primary N) is 1. The Bertz CT molecular complexity index is 476. The first-order valence-electron chi connectivity index (χ1n) is 6.62. The minimum atomic E-state index is -4.33. The number of nitrogens with one attached hydrogen (secondary N) is 1. The summed E-state index contributed by atoms with van der Waals surface area (Å²) in [6.07, 6.45) is 1.45. The Balaban J connectivity index is 0.00000441. The van der Waals surface area contributed by atoms with Crippen molar-refractivity contribution in [3.8, 4) is 0 Å². The molecule has 0 radical (unpaired) electrons. The van der Waals surface area contributed by atoms with Gasteiger partial charge in [-0.1, -0.05) is 13.8 Å². The summed E-state index contributed by atoms with van der Waals surface area (Å²) in [6.45, 7) is 4.22. The highest BCUT2D eigenvalue weighted by Crippen LogP contribution is 2.36. The van der Waals surface area contributed by atoms with Crippen LogP contribution in [0.25, 0.3) is 0 Å². The normalized spacial score (nSPS) is 11.7. The van der Waals surface area contributed by atoms with Crippen molar-refractivity contribution >= 4 is 30.1 Å². The Hall–Kier alpha value is -0.920. The van der Waals surface area contributed by atoms with E-state index in [0.717, 1.165) is 12.8 Å². The van der Waals surface area contributed by atoms with E-state index in [2.05, 4.69) is 5.32 Å². The van der Waals surface area contributed by atoms with Gasteiger partial charge in [-0.15, -0.1) is 12.4 Å². The van der Waals surface area contributed by atoms with Gasteiger partial charge in [-0.05, 0) is 48.9 Å². The SMILES string of the molecule is CCC(N)(CC)CNC(=O)c1ccc(SC(F)(F)F)cc1.Cl. The number of hydrogen-bond donors (Lipinski definition) is 2. The van der Waals surface area contributed by atoms with Gasteiger partial charge in [-0.3, -0.25) is 4.79 Å². The Morgan fingerprint density at radius 3 is 2.09 bits per heavy atom.